The number of halogens is 1. The molecule has 0 spiro atoms. The van der Waals surface area contributed by atoms with Gasteiger partial charge in [0.15, 0.2) is 5.82 Å². The molecule has 0 unspecified atom stereocenters. The van der Waals surface area contributed by atoms with Crippen molar-refractivity contribution in [3.05, 3.63) is 39.8 Å². The first kappa shape index (κ1) is 13.1. The van der Waals surface area contributed by atoms with Crippen molar-refractivity contribution in [3.8, 4) is 0 Å². The average molecular weight is 353 g/mol. The second kappa shape index (κ2) is 5.22. The minimum absolute atomic E-state index is 0.201. The molecule has 3 aromatic rings. The van der Waals surface area contributed by atoms with E-state index in [1.807, 2.05) is 18.2 Å². The van der Waals surface area contributed by atoms with Gasteiger partial charge in [-0.25, -0.2) is 0 Å². The molecule has 0 aliphatic rings. The van der Waals surface area contributed by atoms with Crippen LogP contribution in [0.4, 0.5) is 5.69 Å². The van der Waals surface area contributed by atoms with Gasteiger partial charge in [0.05, 0.1) is 12.2 Å². The highest BCUT2D eigenvalue weighted by molar-refractivity contribution is 9.10. The molecule has 2 aromatic heterocycles. The molecular formula is C12H9BrN4O2S. The summed E-state index contributed by atoms with van der Waals surface area (Å²) in [6, 6.07) is 5.72. The van der Waals surface area contributed by atoms with E-state index in [0.29, 0.717) is 16.4 Å². The van der Waals surface area contributed by atoms with Crippen LogP contribution < -0.4 is 11.1 Å². The molecule has 2 heterocycles. The number of carbonyl (C=O) groups excluding carboxylic acids is 1. The number of nitrogens with one attached hydrogen (secondary N) is 1. The monoisotopic (exact) mass is 352 g/mol. The lowest BCUT2D eigenvalue weighted by Gasteiger charge is -2.00. The first-order chi connectivity index (χ1) is 9.65. The van der Waals surface area contributed by atoms with E-state index in [1.54, 1.807) is 0 Å². The Morgan fingerprint density at radius 1 is 1.50 bits per heavy atom. The van der Waals surface area contributed by atoms with Gasteiger partial charge in [0.2, 0.25) is 6.39 Å². The SMILES string of the molecule is Nc1c(C(=O)NCc2ncon2)sc2cc(Br)ccc12. The first-order valence-electron chi connectivity index (χ1n) is 5.66. The summed E-state index contributed by atoms with van der Waals surface area (Å²) in [5.41, 5.74) is 6.51. The van der Waals surface area contributed by atoms with Crippen molar-refractivity contribution in [2.45, 2.75) is 6.54 Å². The zero-order valence-corrected chi connectivity index (χ0v) is 12.5. The van der Waals surface area contributed by atoms with Crippen molar-refractivity contribution in [3.63, 3.8) is 0 Å². The first-order valence-corrected chi connectivity index (χ1v) is 7.27. The molecule has 1 aromatic carbocycles. The summed E-state index contributed by atoms with van der Waals surface area (Å²) < 4.78 is 6.51. The fourth-order valence-electron chi connectivity index (χ4n) is 1.77. The van der Waals surface area contributed by atoms with Gasteiger partial charge in [-0.05, 0) is 12.1 Å². The number of fused-ring (bicyclic) bond motifs is 1. The van der Waals surface area contributed by atoms with E-state index in [4.69, 9.17) is 5.73 Å². The van der Waals surface area contributed by atoms with E-state index in [1.165, 1.54) is 17.7 Å². The summed E-state index contributed by atoms with van der Waals surface area (Å²) in [6.45, 7) is 0.201. The van der Waals surface area contributed by atoms with Gasteiger partial charge in [-0.2, -0.15) is 4.98 Å². The molecule has 0 fully saturated rings. The quantitative estimate of drug-likeness (QED) is 0.755. The minimum Gasteiger partial charge on any atom is -0.397 e. The van der Waals surface area contributed by atoms with Crippen molar-refractivity contribution < 1.29 is 9.32 Å². The highest BCUT2D eigenvalue weighted by atomic mass is 79.9. The van der Waals surface area contributed by atoms with Crippen LogP contribution in [0.5, 0.6) is 0 Å². The van der Waals surface area contributed by atoms with Crippen molar-refractivity contribution in [2.75, 3.05) is 5.73 Å². The summed E-state index contributed by atoms with van der Waals surface area (Å²) >= 11 is 4.75. The molecule has 0 aliphatic carbocycles. The van der Waals surface area contributed by atoms with Crippen molar-refractivity contribution >= 4 is 48.9 Å². The van der Waals surface area contributed by atoms with Crippen LogP contribution in [0.3, 0.4) is 0 Å². The highest BCUT2D eigenvalue weighted by Gasteiger charge is 2.16. The molecule has 0 bridgehead atoms. The molecular weight excluding hydrogens is 344 g/mol. The Bertz CT molecular complexity index is 769. The fourth-order valence-corrected chi connectivity index (χ4v) is 3.36. The molecule has 0 saturated carbocycles. The molecule has 0 atom stereocenters. The second-order valence-corrected chi connectivity index (χ2v) is 5.98. The Labute approximate surface area is 126 Å². The maximum atomic E-state index is 12.1. The Kier molecular flexibility index (Phi) is 3.41. The summed E-state index contributed by atoms with van der Waals surface area (Å²) in [6.07, 6.45) is 1.22. The van der Waals surface area contributed by atoms with E-state index in [9.17, 15) is 4.79 Å². The number of nitrogen functional groups attached to an aromatic ring is 1. The van der Waals surface area contributed by atoms with E-state index in [2.05, 4.69) is 35.9 Å². The normalized spacial score (nSPS) is 10.8. The Morgan fingerprint density at radius 3 is 3.10 bits per heavy atom. The second-order valence-electron chi connectivity index (χ2n) is 4.02. The molecule has 0 saturated heterocycles. The molecule has 20 heavy (non-hydrogen) atoms. The highest BCUT2D eigenvalue weighted by Crippen LogP contribution is 2.35. The summed E-state index contributed by atoms with van der Waals surface area (Å²) in [4.78, 5) is 16.5. The molecule has 6 nitrogen and oxygen atoms in total. The molecule has 0 radical (unpaired) electrons. The van der Waals surface area contributed by atoms with Gasteiger partial charge in [-0.15, -0.1) is 11.3 Å². The fraction of sp³-hybridized carbons (Fsp3) is 0.0833. The molecule has 1 amide bonds. The van der Waals surface area contributed by atoms with Gasteiger partial charge in [0, 0.05) is 14.6 Å². The van der Waals surface area contributed by atoms with E-state index >= 15 is 0 Å². The third-order valence-corrected chi connectivity index (χ3v) is 4.37. The summed E-state index contributed by atoms with van der Waals surface area (Å²) in [5, 5.41) is 7.21. The number of amides is 1. The van der Waals surface area contributed by atoms with Gasteiger partial charge in [-0.1, -0.05) is 27.2 Å². The number of hydrogen-bond donors (Lipinski definition) is 2. The lowest BCUT2D eigenvalue weighted by molar-refractivity contribution is 0.0954. The van der Waals surface area contributed by atoms with Crippen LogP contribution in [0.15, 0.2) is 33.6 Å². The molecule has 0 aliphatic heterocycles. The van der Waals surface area contributed by atoms with Gasteiger partial charge in [0.25, 0.3) is 5.91 Å². The predicted octanol–water partition coefficient (Wildman–Crippen LogP) is 2.56. The van der Waals surface area contributed by atoms with Crippen LogP contribution in [-0.4, -0.2) is 16.0 Å². The zero-order chi connectivity index (χ0) is 14.1. The number of rotatable bonds is 3. The number of thiophene rings is 1. The Morgan fingerprint density at radius 2 is 2.35 bits per heavy atom. The topological polar surface area (TPSA) is 94.0 Å². The predicted molar refractivity (Wildman–Crippen MR) is 79.4 cm³/mol. The Balaban J connectivity index is 1.85. The molecule has 8 heteroatoms. The molecule has 3 N–H and O–H groups in total. The van der Waals surface area contributed by atoms with Gasteiger partial charge in [0.1, 0.15) is 4.88 Å². The van der Waals surface area contributed by atoms with Crippen molar-refractivity contribution in [1.29, 1.82) is 0 Å². The van der Waals surface area contributed by atoms with E-state index in [-0.39, 0.29) is 12.5 Å². The third-order valence-electron chi connectivity index (χ3n) is 2.71. The number of anilines is 1. The van der Waals surface area contributed by atoms with E-state index < -0.39 is 0 Å². The smallest absolute Gasteiger partial charge is 0.263 e. The molecule has 102 valence electrons. The van der Waals surface area contributed by atoms with Crippen LogP contribution in [-0.2, 0) is 6.54 Å². The standard InChI is InChI=1S/C12H9BrN4O2S/c13-6-1-2-7-8(3-6)20-11(10(7)14)12(18)15-4-9-16-5-19-17-9/h1-3,5H,4,14H2,(H,15,18). The average Bonchev–Trinajstić information content (AvgIpc) is 3.04. The summed E-state index contributed by atoms with van der Waals surface area (Å²) in [7, 11) is 0. The number of aromatic nitrogens is 2. The third kappa shape index (κ3) is 2.39. The minimum atomic E-state index is -0.246. The van der Waals surface area contributed by atoms with Crippen LogP contribution in [0.25, 0.3) is 10.1 Å². The number of benzene rings is 1. The largest absolute Gasteiger partial charge is 0.397 e. The lowest BCUT2D eigenvalue weighted by atomic mass is 10.2. The maximum absolute atomic E-state index is 12.1. The summed E-state index contributed by atoms with van der Waals surface area (Å²) in [5.74, 6) is 0.172. The number of nitrogens with two attached hydrogens (primary N) is 1. The van der Waals surface area contributed by atoms with Crippen LogP contribution in [0, 0.1) is 0 Å². The lowest BCUT2D eigenvalue weighted by Crippen LogP contribution is -2.23. The number of hydrogen-bond acceptors (Lipinski definition) is 6. The number of nitrogens with zero attached hydrogens (tertiary/aromatic N) is 2. The van der Waals surface area contributed by atoms with Crippen LogP contribution in [0.2, 0.25) is 0 Å². The van der Waals surface area contributed by atoms with Gasteiger partial charge >= 0.3 is 0 Å². The van der Waals surface area contributed by atoms with Crippen LogP contribution in [0.1, 0.15) is 15.5 Å². The van der Waals surface area contributed by atoms with Crippen LogP contribution >= 0.6 is 27.3 Å². The number of carbonyl (C=O) groups is 1. The molecule has 3 rings (SSSR count). The van der Waals surface area contributed by atoms with Gasteiger partial charge in [-0.3, -0.25) is 4.79 Å². The zero-order valence-electron chi connectivity index (χ0n) is 10.1. The Hall–Kier alpha value is -1.93. The van der Waals surface area contributed by atoms with Crippen molar-refractivity contribution in [2.24, 2.45) is 0 Å². The van der Waals surface area contributed by atoms with E-state index in [0.717, 1.165) is 14.6 Å². The van der Waals surface area contributed by atoms with Gasteiger partial charge < -0.3 is 15.6 Å². The van der Waals surface area contributed by atoms with Crippen molar-refractivity contribution in [1.82, 2.24) is 15.5 Å². The maximum Gasteiger partial charge on any atom is 0.263 e.